The molecule has 0 aliphatic carbocycles. The highest BCUT2D eigenvalue weighted by molar-refractivity contribution is 7.10. The van der Waals surface area contributed by atoms with Crippen molar-refractivity contribution in [3.63, 3.8) is 0 Å². The van der Waals surface area contributed by atoms with Crippen molar-refractivity contribution in [2.75, 3.05) is 13.1 Å². The van der Waals surface area contributed by atoms with Crippen LogP contribution in [-0.4, -0.2) is 35.1 Å². The fourth-order valence-corrected chi connectivity index (χ4v) is 4.11. The van der Waals surface area contributed by atoms with Gasteiger partial charge in [-0.25, -0.2) is 4.79 Å². The summed E-state index contributed by atoms with van der Waals surface area (Å²) in [7, 11) is 0. The zero-order valence-corrected chi connectivity index (χ0v) is 14.6. The molecule has 2 unspecified atom stereocenters. The fraction of sp³-hybridized carbons (Fsp3) is 0.647. The Balaban J connectivity index is 2.06. The number of nitrogens with one attached hydrogen (secondary N) is 1. The van der Waals surface area contributed by atoms with Crippen molar-refractivity contribution in [3.8, 4) is 0 Å². The number of aliphatic carboxylic acids is 1. The van der Waals surface area contributed by atoms with E-state index in [0.29, 0.717) is 25.4 Å². The first-order chi connectivity index (χ1) is 11.1. The molecule has 2 N–H and O–H groups in total. The Morgan fingerprint density at radius 2 is 2.17 bits per heavy atom. The quantitative estimate of drug-likeness (QED) is 0.830. The number of amides is 2. The van der Waals surface area contributed by atoms with Crippen molar-refractivity contribution in [2.45, 2.75) is 45.6 Å². The van der Waals surface area contributed by atoms with E-state index in [2.05, 4.69) is 25.2 Å². The summed E-state index contributed by atoms with van der Waals surface area (Å²) < 4.78 is 0. The van der Waals surface area contributed by atoms with Gasteiger partial charge in [0.25, 0.3) is 0 Å². The van der Waals surface area contributed by atoms with Crippen LogP contribution in [0.5, 0.6) is 0 Å². The molecule has 2 rings (SSSR count). The van der Waals surface area contributed by atoms with Crippen LogP contribution in [0.3, 0.4) is 0 Å². The zero-order chi connectivity index (χ0) is 16.8. The minimum absolute atomic E-state index is 0.00250. The number of piperidine rings is 1. The van der Waals surface area contributed by atoms with Crippen molar-refractivity contribution >= 4 is 23.3 Å². The van der Waals surface area contributed by atoms with E-state index in [9.17, 15) is 14.7 Å². The van der Waals surface area contributed by atoms with Gasteiger partial charge in [-0.15, -0.1) is 11.3 Å². The highest BCUT2D eigenvalue weighted by atomic mass is 32.1. The standard InChI is InChI=1S/C17H26N2O3S/c1-3-12(4-2)15(14-8-6-10-23-14)18-17(22)19-9-5-7-13(11-19)16(20)21/h6,8,10,12-13,15H,3-5,7,9,11H2,1-2H3,(H,18,22)(H,20,21). The molecule has 1 saturated heterocycles. The van der Waals surface area contributed by atoms with Crippen LogP contribution in [0.25, 0.3) is 0 Å². The third kappa shape index (κ3) is 4.47. The monoisotopic (exact) mass is 338 g/mol. The molecule has 1 aliphatic heterocycles. The molecule has 2 atom stereocenters. The molecule has 0 bridgehead atoms. The lowest BCUT2D eigenvalue weighted by molar-refractivity contribution is -0.143. The van der Waals surface area contributed by atoms with Crippen LogP contribution >= 0.6 is 11.3 Å². The van der Waals surface area contributed by atoms with Gasteiger partial charge in [0.05, 0.1) is 12.0 Å². The van der Waals surface area contributed by atoms with Gasteiger partial charge >= 0.3 is 12.0 Å². The maximum Gasteiger partial charge on any atom is 0.317 e. The van der Waals surface area contributed by atoms with Gasteiger partial charge in [-0.3, -0.25) is 4.79 Å². The molecule has 128 valence electrons. The Labute approximate surface area is 141 Å². The summed E-state index contributed by atoms with van der Waals surface area (Å²) in [5, 5.41) is 14.4. The van der Waals surface area contributed by atoms with Crippen molar-refractivity contribution in [3.05, 3.63) is 22.4 Å². The molecule has 1 aliphatic rings. The minimum Gasteiger partial charge on any atom is -0.481 e. The molecule has 0 radical (unpaired) electrons. The number of hydrogen-bond acceptors (Lipinski definition) is 3. The number of likely N-dealkylation sites (tertiary alicyclic amines) is 1. The summed E-state index contributed by atoms with van der Waals surface area (Å²) in [5.41, 5.74) is 0. The number of carbonyl (C=O) groups is 2. The van der Waals surface area contributed by atoms with E-state index in [1.807, 2.05) is 11.4 Å². The van der Waals surface area contributed by atoms with Crippen LogP contribution in [0, 0.1) is 11.8 Å². The van der Waals surface area contributed by atoms with E-state index in [1.54, 1.807) is 16.2 Å². The predicted octanol–water partition coefficient (Wildman–Crippen LogP) is 3.73. The van der Waals surface area contributed by atoms with Crippen LogP contribution in [0.15, 0.2) is 17.5 Å². The normalized spacial score (nSPS) is 19.6. The highest BCUT2D eigenvalue weighted by Crippen LogP contribution is 2.31. The second-order valence-electron chi connectivity index (χ2n) is 6.14. The van der Waals surface area contributed by atoms with Crippen LogP contribution in [0.4, 0.5) is 4.79 Å². The fourth-order valence-electron chi connectivity index (χ4n) is 3.24. The predicted molar refractivity (Wildman–Crippen MR) is 91.6 cm³/mol. The summed E-state index contributed by atoms with van der Waals surface area (Å²) in [6.45, 7) is 5.22. The van der Waals surface area contributed by atoms with Gasteiger partial charge in [0.1, 0.15) is 0 Å². The molecule has 2 amide bonds. The molecule has 0 spiro atoms. The van der Waals surface area contributed by atoms with Crippen LogP contribution in [0.2, 0.25) is 0 Å². The van der Waals surface area contributed by atoms with Crippen molar-refractivity contribution in [1.29, 1.82) is 0 Å². The van der Waals surface area contributed by atoms with Crippen molar-refractivity contribution in [1.82, 2.24) is 10.2 Å². The Hall–Kier alpha value is -1.56. The van der Waals surface area contributed by atoms with Gasteiger partial charge < -0.3 is 15.3 Å². The van der Waals surface area contributed by atoms with Crippen LogP contribution in [-0.2, 0) is 4.79 Å². The molecule has 1 aromatic heterocycles. The molecule has 6 heteroatoms. The number of nitrogens with zero attached hydrogens (tertiary/aromatic N) is 1. The molecule has 23 heavy (non-hydrogen) atoms. The number of thiophene rings is 1. The second kappa shape index (κ2) is 8.34. The summed E-state index contributed by atoms with van der Waals surface area (Å²) >= 11 is 1.66. The van der Waals surface area contributed by atoms with Crippen LogP contribution in [0.1, 0.15) is 50.4 Å². The Morgan fingerprint density at radius 3 is 2.74 bits per heavy atom. The molecule has 1 aromatic rings. The van der Waals surface area contributed by atoms with E-state index in [1.165, 1.54) is 4.88 Å². The second-order valence-corrected chi connectivity index (χ2v) is 7.12. The first-order valence-electron chi connectivity index (χ1n) is 8.38. The largest absolute Gasteiger partial charge is 0.481 e. The zero-order valence-electron chi connectivity index (χ0n) is 13.8. The first-order valence-corrected chi connectivity index (χ1v) is 9.26. The van der Waals surface area contributed by atoms with Gasteiger partial charge in [-0.2, -0.15) is 0 Å². The number of carbonyl (C=O) groups excluding carboxylic acids is 1. The van der Waals surface area contributed by atoms with Gasteiger partial charge in [0.2, 0.25) is 0 Å². The third-order valence-electron chi connectivity index (χ3n) is 4.71. The Bertz CT molecular complexity index is 514. The number of urea groups is 1. The highest BCUT2D eigenvalue weighted by Gasteiger charge is 2.30. The number of rotatable bonds is 6. The minimum atomic E-state index is -0.808. The van der Waals surface area contributed by atoms with E-state index in [4.69, 9.17) is 0 Å². The van der Waals surface area contributed by atoms with Crippen LogP contribution < -0.4 is 5.32 Å². The Kier molecular flexibility index (Phi) is 6.45. The van der Waals surface area contributed by atoms with Crippen molar-refractivity contribution < 1.29 is 14.7 Å². The average Bonchev–Trinajstić information content (AvgIpc) is 3.09. The summed E-state index contributed by atoms with van der Waals surface area (Å²) in [6, 6.07) is 3.93. The lowest BCUT2D eigenvalue weighted by Crippen LogP contribution is -2.48. The number of hydrogen-bond donors (Lipinski definition) is 2. The molecule has 5 nitrogen and oxygen atoms in total. The van der Waals surface area contributed by atoms with E-state index >= 15 is 0 Å². The van der Waals surface area contributed by atoms with E-state index in [-0.39, 0.29) is 12.1 Å². The summed E-state index contributed by atoms with van der Waals surface area (Å²) in [5.74, 6) is -0.863. The van der Waals surface area contributed by atoms with Crippen molar-refractivity contribution in [2.24, 2.45) is 11.8 Å². The maximum atomic E-state index is 12.6. The van der Waals surface area contributed by atoms with E-state index in [0.717, 1.165) is 19.3 Å². The molecule has 2 heterocycles. The Morgan fingerprint density at radius 1 is 1.43 bits per heavy atom. The molecular formula is C17H26N2O3S. The maximum absolute atomic E-state index is 12.6. The average molecular weight is 338 g/mol. The third-order valence-corrected chi connectivity index (χ3v) is 5.66. The van der Waals surface area contributed by atoms with Gasteiger partial charge in [-0.1, -0.05) is 32.8 Å². The SMILES string of the molecule is CCC(CC)C(NC(=O)N1CCCC(C(=O)O)C1)c1cccs1. The molecule has 1 fully saturated rings. The summed E-state index contributed by atoms with van der Waals surface area (Å²) in [4.78, 5) is 26.6. The van der Waals surface area contributed by atoms with Gasteiger partial charge in [-0.05, 0) is 30.2 Å². The molecular weight excluding hydrogens is 312 g/mol. The summed E-state index contributed by atoms with van der Waals surface area (Å²) in [6.07, 6.45) is 3.40. The molecule has 0 aromatic carbocycles. The van der Waals surface area contributed by atoms with E-state index < -0.39 is 11.9 Å². The topological polar surface area (TPSA) is 69.6 Å². The lowest BCUT2D eigenvalue weighted by Gasteiger charge is -2.33. The molecule has 0 saturated carbocycles. The van der Waals surface area contributed by atoms with Gasteiger partial charge in [0.15, 0.2) is 0 Å². The number of carboxylic acids is 1. The smallest absolute Gasteiger partial charge is 0.317 e. The lowest BCUT2D eigenvalue weighted by atomic mass is 9.93. The van der Waals surface area contributed by atoms with Gasteiger partial charge in [0, 0.05) is 18.0 Å². The first kappa shape index (κ1) is 17.8. The number of carboxylic acid groups (broad SMARTS) is 1.